The number of hydrogen-bond donors (Lipinski definition) is 0. The summed E-state index contributed by atoms with van der Waals surface area (Å²) in [5.41, 5.74) is -0.600. The van der Waals surface area contributed by atoms with Crippen LogP contribution in [0.5, 0.6) is 0 Å². The van der Waals surface area contributed by atoms with Crippen LogP contribution in [-0.4, -0.2) is 29.8 Å². The lowest BCUT2D eigenvalue weighted by atomic mass is 9.79. The Kier molecular flexibility index (Phi) is 17.5. The van der Waals surface area contributed by atoms with Gasteiger partial charge in [0.25, 0.3) is 0 Å². The van der Waals surface area contributed by atoms with Gasteiger partial charge in [0.05, 0.1) is 18.9 Å². The molecule has 0 rings (SSSR count). The molecule has 0 aliphatic carbocycles. The molecule has 0 aliphatic rings. The number of rotatable bonds is 13. The average molecular weight is 396 g/mol. The Hall–Kier alpha value is -1.24. The third-order valence-corrected chi connectivity index (χ3v) is 5.56. The summed E-state index contributed by atoms with van der Waals surface area (Å²) < 4.78 is 0. The zero-order valence-corrected chi connectivity index (χ0v) is 18.9. The molecule has 3 nitrogen and oxygen atoms in total. The van der Waals surface area contributed by atoms with Crippen LogP contribution in [0.2, 0.25) is 0 Å². The highest BCUT2D eigenvalue weighted by molar-refractivity contribution is 6.64. The molecule has 0 saturated heterocycles. The normalized spacial score (nSPS) is 15.3. The highest BCUT2D eigenvalue weighted by atomic mass is 35.5. The van der Waals surface area contributed by atoms with Crippen molar-refractivity contribution < 1.29 is 4.79 Å². The largest absolute Gasteiger partial charge is 0.304 e. The first-order valence-corrected chi connectivity index (χ1v) is 10.5. The van der Waals surface area contributed by atoms with Crippen molar-refractivity contribution >= 4 is 16.8 Å². The van der Waals surface area contributed by atoms with Gasteiger partial charge in [-0.3, -0.25) is 4.79 Å². The molecule has 0 heterocycles. The Balaban J connectivity index is 0. The molecule has 0 saturated carbocycles. The number of nitriles is 1. The fourth-order valence-electron chi connectivity index (χ4n) is 2.57. The van der Waals surface area contributed by atoms with Crippen LogP contribution in [0.3, 0.4) is 0 Å². The Morgan fingerprint density at radius 3 is 2.15 bits per heavy atom. The summed E-state index contributed by atoms with van der Waals surface area (Å²) in [7, 11) is 0. The van der Waals surface area contributed by atoms with Gasteiger partial charge in [0, 0.05) is 5.41 Å². The average Bonchev–Trinajstić information content (AvgIpc) is 2.68. The number of carbonyl (C=O) groups excluding carboxylic acids is 1. The molecule has 0 spiro atoms. The Morgan fingerprint density at radius 2 is 1.81 bits per heavy atom. The molecule has 0 radical (unpaired) electrons. The Morgan fingerprint density at radius 1 is 1.26 bits per heavy atom. The summed E-state index contributed by atoms with van der Waals surface area (Å²) in [6.07, 6.45) is 9.63. The first-order valence-electron chi connectivity index (χ1n) is 10.2. The van der Waals surface area contributed by atoms with Crippen LogP contribution in [0.15, 0.2) is 24.8 Å². The second kappa shape index (κ2) is 16.9. The molecule has 0 N–H and O–H groups in total. The van der Waals surface area contributed by atoms with Crippen molar-refractivity contribution in [2.75, 3.05) is 19.6 Å². The maximum Gasteiger partial charge on any atom is 0.227 e. The third-order valence-electron chi connectivity index (χ3n) is 5.10. The van der Waals surface area contributed by atoms with Gasteiger partial charge in [0.1, 0.15) is 5.92 Å². The van der Waals surface area contributed by atoms with Crippen molar-refractivity contribution in [3.63, 3.8) is 0 Å². The molecule has 0 fully saturated rings. The molecule has 4 heteroatoms. The molecule has 0 aromatic heterocycles. The topological polar surface area (TPSA) is 44.1 Å². The highest BCUT2D eigenvalue weighted by Crippen LogP contribution is 2.33. The van der Waals surface area contributed by atoms with E-state index < -0.39 is 5.41 Å². The lowest BCUT2D eigenvalue weighted by Crippen LogP contribution is -2.25. The molecule has 154 valence electrons. The molecule has 0 aromatic carbocycles. The van der Waals surface area contributed by atoms with Crippen LogP contribution in [0, 0.1) is 35.5 Å². The first-order chi connectivity index (χ1) is 12.7. The summed E-state index contributed by atoms with van der Waals surface area (Å²) >= 11 is 5.64. The van der Waals surface area contributed by atoms with Gasteiger partial charge in [-0.25, -0.2) is 0 Å². The van der Waals surface area contributed by atoms with Crippen molar-refractivity contribution in [3.8, 4) is 6.07 Å². The fourth-order valence-corrected chi connectivity index (χ4v) is 2.78. The highest BCUT2D eigenvalue weighted by Gasteiger charge is 2.32. The van der Waals surface area contributed by atoms with Crippen molar-refractivity contribution in [1.82, 2.24) is 4.90 Å². The van der Waals surface area contributed by atoms with Gasteiger partial charge in [-0.1, -0.05) is 53.3 Å². The minimum atomic E-state index is -0.600. The molecule has 3 unspecified atom stereocenters. The van der Waals surface area contributed by atoms with E-state index in [-0.39, 0.29) is 17.1 Å². The SMILES string of the molecule is C=CC([CH2+])CC/C=C/CC(C#N)CC(C)(CC)C(=O)Cl.CCN(CC)CC. The van der Waals surface area contributed by atoms with Crippen LogP contribution in [0.1, 0.15) is 66.7 Å². The molecule has 3 atom stereocenters. The van der Waals surface area contributed by atoms with Gasteiger partial charge >= 0.3 is 0 Å². The molecule has 0 aliphatic heterocycles. The van der Waals surface area contributed by atoms with E-state index in [2.05, 4.69) is 51.3 Å². The first kappa shape index (κ1) is 28.0. The molecule has 0 amide bonds. The van der Waals surface area contributed by atoms with Gasteiger partial charge < -0.3 is 4.90 Å². The van der Waals surface area contributed by atoms with Crippen molar-refractivity contribution in [3.05, 3.63) is 31.7 Å². The van der Waals surface area contributed by atoms with Crippen molar-refractivity contribution in [1.29, 1.82) is 5.26 Å². The standard InChI is InChI=1S/C17H25ClNO.C6H15N/c1-5-14(3)10-8-7-9-11-15(13-19)12-17(4,6-2)16(18)20;1-4-7(5-2)6-3/h5,7,9,14-15H,1,3,6,8,10-12H2,2,4H3;4-6H2,1-3H3/q+1;/b9-7+;. The van der Waals surface area contributed by atoms with E-state index in [1.807, 2.05) is 26.0 Å². The molecular weight excluding hydrogens is 356 g/mol. The number of nitrogens with zero attached hydrogens (tertiary/aromatic N) is 2. The van der Waals surface area contributed by atoms with Crippen LogP contribution < -0.4 is 0 Å². The van der Waals surface area contributed by atoms with E-state index in [4.69, 9.17) is 11.6 Å². The number of allylic oxidation sites excluding steroid dienone is 3. The van der Waals surface area contributed by atoms with Crippen LogP contribution >= 0.6 is 11.6 Å². The Labute approximate surface area is 173 Å². The van der Waals surface area contributed by atoms with Gasteiger partial charge in [0.2, 0.25) is 5.24 Å². The van der Waals surface area contributed by atoms with E-state index in [1.54, 1.807) is 0 Å². The smallest absolute Gasteiger partial charge is 0.227 e. The third kappa shape index (κ3) is 13.6. The van der Waals surface area contributed by atoms with Crippen LogP contribution in [-0.2, 0) is 4.79 Å². The summed E-state index contributed by atoms with van der Waals surface area (Å²) in [5, 5.41) is 8.84. The molecular formula is C23H40ClN2O+. The lowest BCUT2D eigenvalue weighted by molar-refractivity contribution is -0.120. The van der Waals surface area contributed by atoms with E-state index in [9.17, 15) is 10.1 Å². The number of halogens is 1. The van der Waals surface area contributed by atoms with Gasteiger partial charge in [-0.15, -0.1) is 0 Å². The van der Waals surface area contributed by atoms with E-state index in [0.29, 0.717) is 19.3 Å². The van der Waals surface area contributed by atoms with E-state index >= 15 is 0 Å². The lowest BCUT2D eigenvalue weighted by Gasteiger charge is -2.25. The van der Waals surface area contributed by atoms with Gasteiger partial charge in [-0.05, 0) is 69.4 Å². The fraction of sp³-hybridized carbons (Fsp3) is 0.696. The number of hydrogen-bond acceptors (Lipinski definition) is 3. The zero-order valence-electron chi connectivity index (χ0n) is 18.1. The quantitative estimate of drug-likeness (QED) is 0.205. The van der Waals surface area contributed by atoms with E-state index in [0.717, 1.165) is 12.8 Å². The molecule has 0 bridgehead atoms. The summed E-state index contributed by atoms with van der Waals surface area (Å²) in [6, 6.07) is 2.27. The minimum absolute atomic E-state index is 0.172. The van der Waals surface area contributed by atoms with Crippen molar-refractivity contribution in [2.24, 2.45) is 17.3 Å². The summed E-state index contributed by atoms with van der Waals surface area (Å²) in [6.45, 7) is 21.5. The van der Waals surface area contributed by atoms with Gasteiger partial charge in [-0.2, -0.15) is 5.26 Å². The maximum atomic E-state index is 11.5. The second-order valence-electron chi connectivity index (χ2n) is 7.12. The predicted octanol–water partition coefficient (Wildman–Crippen LogP) is 6.41. The minimum Gasteiger partial charge on any atom is -0.304 e. The Bertz CT molecular complexity index is 460. The van der Waals surface area contributed by atoms with Crippen LogP contribution in [0.25, 0.3) is 0 Å². The zero-order chi connectivity index (χ0) is 21.3. The monoisotopic (exact) mass is 395 g/mol. The van der Waals surface area contributed by atoms with Crippen molar-refractivity contribution in [2.45, 2.75) is 66.7 Å². The summed E-state index contributed by atoms with van der Waals surface area (Å²) in [5.74, 6) is 0.0949. The maximum absolute atomic E-state index is 11.5. The second-order valence-corrected chi connectivity index (χ2v) is 7.46. The van der Waals surface area contributed by atoms with E-state index in [1.165, 1.54) is 19.6 Å². The molecule has 0 aromatic rings. The summed E-state index contributed by atoms with van der Waals surface area (Å²) in [4.78, 5) is 13.8. The van der Waals surface area contributed by atoms with Gasteiger partial charge in [0.15, 0.2) is 0 Å². The predicted molar refractivity (Wildman–Crippen MR) is 118 cm³/mol. The van der Waals surface area contributed by atoms with Crippen LogP contribution in [0.4, 0.5) is 0 Å². The number of carbonyl (C=O) groups is 1. The molecule has 27 heavy (non-hydrogen) atoms.